The summed E-state index contributed by atoms with van der Waals surface area (Å²) in [6.45, 7) is 0. The summed E-state index contributed by atoms with van der Waals surface area (Å²) < 4.78 is 27.3. The van der Waals surface area contributed by atoms with Gasteiger partial charge in [0.25, 0.3) is 0 Å². The van der Waals surface area contributed by atoms with E-state index < -0.39 is 17.7 Å². The summed E-state index contributed by atoms with van der Waals surface area (Å²) in [5, 5.41) is -0.218. The van der Waals surface area contributed by atoms with Crippen molar-refractivity contribution in [3.05, 3.63) is 46.0 Å². The molecule has 2 nitrogen and oxygen atoms in total. The molecule has 0 amide bonds. The van der Waals surface area contributed by atoms with Crippen LogP contribution in [0, 0.1) is 11.6 Å². The fourth-order valence-electron chi connectivity index (χ4n) is 2.28. The van der Waals surface area contributed by atoms with Gasteiger partial charge < -0.3 is 0 Å². The maximum Gasteiger partial charge on any atom is 0.142 e. The van der Waals surface area contributed by atoms with E-state index in [2.05, 4.69) is 5.43 Å². The molecule has 0 heterocycles. The van der Waals surface area contributed by atoms with Gasteiger partial charge in [0.05, 0.1) is 11.1 Å². The fraction of sp³-hybridized carbons (Fsp3) is 0.385. The van der Waals surface area contributed by atoms with Gasteiger partial charge in [-0.05, 0) is 37.8 Å². The van der Waals surface area contributed by atoms with Crippen molar-refractivity contribution in [2.45, 2.75) is 31.7 Å². The Morgan fingerprint density at radius 2 is 2.00 bits per heavy atom. The van der Waals surface area contributed by atoms with E-state index in [4.69, 9.17) is 17.4 Å². The van der Waals surface area contributed by atoms with Crippen LogP contribution in [0.4, 0.5) is 8.78 Å². The van der Waals surface area contributed by atoms with Gasteiger partial charge in [-0.25, -0.2) is 14.2 Å². The highest BCUT2D eigenvalue weighted by Gasteiger charge is 2.21. The minimum absolute atomic E-state index is 0.201. The summed E-state index contributed by atoms with van der Waals surface area (Å²) in [5.41, 5.74) is 3.76. The van der Waals surface area contributed by atoms with Crippen LogP contribution in [-0.2, 0) is 0 Å². The number of hydrogen-bond acceptors (Lipinski definition) is 2. The van der Waals surface area contributed by atoms with Crippen molar-refractivity contribution in [3.63, 3.8) is 0 Å². The summed E-state index contributed by atoms with van der Waals surface area (Å²) >= 11 is 5.54. The van der Waals surface area contributed by atoms with Crippen LogP contribution in [0.5, 0.6) is 0 Å². The Morgan fingerprint density at radius 3 is 2.61 bits per heavy atom. The number of benzene rings is 1. The molecule has 0 fully saturated rings. The van der Waals surface area contributed by atoms with Gasteiger partial charge in [0.15, 0.2) is 0 Å². The number of nitrogens with one attached hydrogen (secondary N) is 1. The minimum atomic E-state index is -0.635. The van der Waals surface area contributed by atoms with Crippen LogP contribution in [-0.4, -0.2) is 0 Å². The highest BCUT2D eigenvalue weighted by atomic mass is 35.5. The van der Waals surface area contributed by atoms with Gasteiger partial charge in [0.2, 0.25) is 0 Å². The van der Waals surface area contributed by atoms with Crippen molar-refractivity contribution in [3.8, 4) is 0 Å². The highest BCUT2D eigenvalue weighted by molar-refractivity contribution is 6.30. The van der Waals surface area contributed by atoms with Crippen LogP contribution in [0.25, 0.3) is 0 Å². The Kier molecular flexibility index (Phi) is 4.32. The van der Waals surface area contributed by atoms with Crippen LogP contribution in [0.15, 0.2) is 23.8 Å². The molecule has 1 aliphatic rings. The maximum absolute atomic E-state index is 13.8. The lowest BCUT2D eigenvalue weighted by atomic mass is 9.90. The van der Waals surface area contributed by atoms with E-state index in [0.29, 0.717) is 0 Å². The molecule has 0 aromatic heterocycles. The van der Waals surface area contributed by atoms with Gasteiger partial charge in [-0.3, -0.25) is 5.84 Å². The van der Waals surface area contributed by atoms with Crippen molar-refractivity contribution in [2.75, 3.05) is 0 Å². The molecule has 18 heavy (non-hydrogen) atoms. The summed E-state index contributed by atoms with van der Waals surface area (Å²) in [6, 6.07) is 1.61. The predicted molar refractivity (Wildman–Crippen MR) is 68.0 cm³/mol. The van der Waals surface area contributed by atoms with E-state index in [0.717, 1.165) is 43.4 Å². The molecule has 1 aromatic carbocycles. The quantitative estimate of drug-likeness (QED) is 0.382. The molecule has 0 radical (unpaired) electrons. The average Bonchev–Trinajstić information content (AvgIpc) is 2.38. The first kappa shape index (κ1) is 13.5. The van der Waals surface area contributed by atoms with E-state index in [9.17, 15) is 8.78 Å². The number of halogens is 3. The topological polar surface area (TPSA) is 38.0 Å². The Morgan fingerprint density at radius 1 is 1.22 bits per heavy atom. The molecule has 1 unspecified atom stereocenters. The third kappa shape index (κ3) is 2.71. The Labute approximate surface area is 110 Å². The molecule has 0 aliphatic heterocycles. The molecule has 1 aliphatic carbocycles. The summed E-state index contributed by atoms with van der Waals surface area (Å²) in [6.07, 6.45) is 6.00. The molecule has 98 valence electrons. The zero-order valence-corrected chi connectivity index (χ0v) is 10.6. The van der Waals surface area contributed by atoms with Crippen LogP contribution < -0.4 is 11.3 Å². The molecule has 0 saturated heterocycles. The van der Waals surface area contributed by atoms with Crippen molar-refractivity contribution < 1.29 is 8.78 Å². The van der Waals surface area contributed by atoms with Crippen LogP contribution in [0.3, 0.4) is 0 Å². The highest BCUT2D eigenvalue weighted by Crippen LogP contribution is 2.32. The lowest BCUT2D eigenvalue weighted by molar-refractivity contribution is 0.519. The van der Waals surface area contributed by atoms with E-state index in [1.165, 1.54) is 0 Å². The Bertz CT molecular complexity index is 474. The first-order valence-electron chi connectivity index (χ1n) is 5.93. The van der Waals surface area contributed by atoms with E-state index in [-0.39, 0.29) is 10.6 Å². The fourth-order valence-corrected chi connectivity index (χ4v) is 2.43. The van der Waals surface area contributed by atoms with Gasteiger partial charge in [-0.15, -0.1) is 0 Å². The molecule has 5 heteroatoms. The van der Waals surface area contributed by atoms with Crippen LogP contribution >= 0.6 is 11.6 Å². The smallest absolute Gasteiger partial charge is 0.142 e. The molecule has 1 atom stereocenters. The van der Waals surface area contributed by atoms with Gasteiger partial charge >= 0.3 is 0 Å². The van der Waals surface area contributed by atoms with Crippen molar-refractivity contribution in [2.24, 2.45) is 5.84 Å². The molecule has 0 spiro atoms. The largest absolute Gasteiger partial charge is 0.271 e. The molecule has 0 bridgehead atoms. The number of hydrogen-bond donors (Lipinski definition) is 2. The molecule has 2 rings (SSSR count). The Hall–Kier alpha value is -0.970. The van der Waals surface area contributed by atoms with E-state index in [1.54, 1.807) is 0 Å². The lowest BCUT2D eigenvalue weighted by Crippen LogP contribution is -2.30. The van der Waals surface area contributed by atoms with E-state index >= 15 is 0 Å². The summed E-state index contributed by atoms with van der Waals surface area (Å²) in [7, 11) is 0. The average molecular weight is 273 g/mol. The van der Waals surface area contributed by atoms with Gasteiger partial charge in [0, 0.05) is 5.56 Å². The third-order valence-corrected chi connectivity index (χ3v) is 3.50. The number of rotatable bonds is 3. The lowest BCUT2D eigenvalue weighted by Gasteiger charge is -2.23. The number of hydrazine groups is 1. The second-order valence-corrected chi connectivity index (χ2v) is 4.82. The predicted octanol–water partition coefficient (Wildman–Crippen LogP) is 3.62. The molecule has 0 saturated carbocycles. The maximum atomic E-state index is 13.8. The zero-order valence-electron chi connectivity index (χ0n) is 9.85. The number of nitrogens with two attached hydrogens (primary N) is 1. The second-order valence-electron chi connectivity index (χ2n) is 4.41. The van der Waals surface area contributed by atoms with Gasteiger partial charge in [-0.2, -0.15) is 0 Å². The van der Waals surface area contributed by atoms with Crippen molar-refractivity contribution in [1.29, 1.82) is 0 Å². The van der Waals surface area contributed by atoms with Crippen LogP contribution in [0.1, 0.15) is 37.3 Å². The van der Waals surface area contributed by atoms with Crippen molar-refractivity contribution >= 4 is 11.6 Å². The van der Waals surface area contributed by atoms with Crippen molar-refractivity contribution in [1.82, 2.24) is 5.43 Å². The standard InChI is InChI=1S/C13H15ClF2N2/c14-10-7-11(15)9(6-12(10)16)13(18-17)8-4-2-1-3-5-8/h4,6-7,13,18H,1-3,5,17H2. The molecule has 1 aromatic rings. The second kappa shape index (κ2) is 5.78. The Balaban J connectivity index is 2.38. The van der Waals surface area contributed by atoms with Gasteiger partial charge in [-0.1, -0.05) is 23.3 Å². The molecule has 3 N–H and O–H groups in total. The summed E-state index contributed by atoms with van der Waals surface area (Å²) in [4.78, 5) is 0. The summed E-state index contributed by atoms with van der Waals surface area (Å²) in [5.74, 6) is 4.30. The van der Waals surface area contributed by atoms with E-state index in [1.807, 2.05) is 6.08 Å². The van der Waals surface area contributed by atoms with Gasteiger partial charge in [0.1, 0.15) is 11.6 Å². The minimum Gasteiger partial charge on any atom is -0.271 e. The number of allylic oxidation sites excluding steroid dienone is 1. The molecular weight excluding hydrogens is 258 g/mol. The monoisotopic (exact) mass is 272 g/mol. The van der Waals surface area contributed by atoms with Crippen LogP contribution in [0.2, 0.25) is 5.02 Å². The normalized spacial score (nSPS) is 17.4. The first-order chi connectivity index (χ1) is 8.63. The molecular formula is C13H15ClF2N2. The first-order valence-corrected chi connectivity index (χ1v) is 6.30. The third-order valence-electron chi connectivity index (χ3n) is 3.21. The zero-order chi connectivity index (χ0) is 13.1. The SMILES string of the molecule is NNC(C1=CCCCC1)c1cc(F)c(Cl)cc1F.